The molecule has 4 heteroatoms. The minimum absolute atomic E-state index is 0.301. The van der Waals surface area contributed by atoms with Gasteiger partial charge in [-0.15, -0.1) is 11.6 Å². The molecule has 0 aromatic heterocycles. The highest BCUT2D eigenvalue weighted by atomic mass is 79.9. The summed E-state index contributed by atoms with van der Waals surface area (Å²) < 4.78 is 0.922. The summed E-state index contributed by atoms with van der Waals surface area (Å²) in [5, 5.41) is 1.25. The number of hydrogen-bond acceptors (Lipinski definition) is 0. The molecular formula is C15H10BrCl3. The van der Waals surface area contributed by atoms with Crippen LogP contribution >= 0.6 is 50.7 Å². The Morgan fingerprint density at radius 1 is 1.05 bits per heavy atom. The van der Waals surface area contributed by atoms with Crippen molar-refractivity contribution >= 4 is 61.3 Å². The maximum absolute atomic E-state index is 6.44. The van der Waals surface area contributed by atoms with Crippen LogP contribution in [0.4, 0.5) is 0 Å². The molecule has 0 radical (unpaired) electrons. The van der Waals surface area contributed by atoms with Crippen LogP contribution in [0.15, 0.2) is 53.0 Å². The largest absolute Gasteiger partial charge is 0.121 e. The molecule has 0 bridgehead atoms. The van der Waals surface area contributed by atoms with Gasteiger partial charge < -0.3 is 0 Å². The lowest BCUT2D eigenvalue weighted by atomic mass is 10.0. The molecule has 0 spiro atoms. The van der Waals surface area contributed by atoms with E-state index in [1.807, 2.05) is 48.5 Å². The van der Waals surface area contributed by atoms with E-state index in [1.54, 1.807) is 0 Å². The zero-order valence-corrected chi connectivity index (χ0v) is 13.7. The molecule has 0 heterocycles. The first kappa shape index (κ1) is 14.9. The van der Waals surface area contributed by atoms with Crippen molar-refractivity contribution in [1.29, 1.82) is 0 Å². The maximum Gasteiger partial charge on any atom is 0.0529 e. The topological polar surface area (TPSA) is 0 Å². The van der Waals surface area contributed by atoms with E-state index in [0.29, 0.717) is 15.9 Å². The van der Waals surface area contributed by atoms with Crippen LogP contribution in [0, 0.1) is 0 Å². The predicted octanol–water partition coefficient (Wildman–Crippen LogP) is 6.45. The molecule has 0 atom stereocenters. The van der Waals surface area contributed by atoms with Gasteiger partial charge in [0, 0.05) is 15.4 Å². The Bertz CT molecular complexity index is 606. The van der Waals surface area contributed by atoms with Crippen LogP contribution in [0.25, 0.3) is 10.6 Å². The van der Waals surface area contributed by atoms with Gasteiger partial charge in [0.2, 0.25) is 0 Å². The van der Waals surface area contributed by atoms with Gasteiger partial charge in [-0.2, -0.15) is 0 Å². The van der Waals surface area contributed by atoms with Crippen LogP contribution in [0.3, 0.4) is 0 Å². The Labute approximate surface area is 136 Å². The summed E-state index contributed by atoms with van der Waals surface area (Å²) in [5.74, 6) is 0.301. The molecule has 0 fully saturated rings. The van der Waals surface area contributed by atoms with E-state index in [4.69, 9.17) is 34.8 Å². The van der Waals surface area contributed by atoms with E-state index < -0.39 is 0 Å². The number of hydrogen-bond donors (Lipinski definition) is 0. The molecule has 0 N–H and O–H groups in total. The molecule has 0 saturated carbocycles. The van der Waals surface area contributed by atoms with Gasteiger partial charge in [0.15, 0.2) is 0 Å². The summed E-state index contributed by atoms with van der Waals surface area (Å²) in [6.45, 7) is 0. The molecule has 2 rings (SSSR count). The number of alkyl halides is 1. The normalized spacial score (nSPS) is 12.2. The molecule has 0 aliphatic rings. The first-order valence-electron chi connectivity index (χ1n) is 5.59. The maximum atomic E-state index is 6.44. The van der Waals surface area contributed by atoms with Crippen LogP contribution in [-0.2, 0) is 0 Å². The van der Waals surface area contributed by atoms with Gasteiger partial charge in [0.05, 0.1) is 5.03 Å². The lowest BCUT2D eigenvalue weighted by Gasteiger charge is -2.11. The second-order valence-electron chi connectivity index (χ2n) is 3.92. The minimum atomic E-state index is 0.301. The zero-order valence-electron chi connectivity index (χ0n) is 9.84. The van der Waals surface area contributed by atoms with Gasteiger partial charge in [0.25, 0.3) is 0 Å². The van der Waals surface area contributed by atoms with Crippen molar-refractivity contribution in [3.63, 3.8) is 0 Å². The van der Waals surface area contributed by atoms with Gasteiger partial charge in [-0.1, -0.05) is 75.5 Å². The Balaban J connectivity index is 2.55. The van der Waals surface area contributed by atoms with Crippen molar-refractivity contribution < 1.29 is 0 Å². The van der Waals surface area contributed by atoms with Gasteiger partial charge in [0.1, 0.15) is 0 Å². The van der Waals surface area contributed by atoms with Gasteiger partial charge in [-0.05, 0) is 28.8 Å². The lowest BCUT2D eigenvalue weighted by molar-refractivity contribution is 1.54. The van der Waals surface area contributed by atoms with E-state index in [1.165, 1.54) is 0 Å². The summed E-state index contributed by atoms with van der Waals surface area (Å²) >= 11 is 22.1. The van der Waals surface area contributed by atoms with E-state index >= 15 is 0 Å². The highest BCUT2D eigenvalue weighted by Gasteiger charge is 2.12. The Hall–Kier alpha value is -0.470. The quantitative estimate of drug-likeness (QED) is 0.427. The fraction of sp³-hybridized carbons (Fsp3) is 0.0667. The van der Waals surface area contributed by atoms with Crippen molar-refractivity contribution in [2.24, 2.45) is 0 Å². The molecule has 0 amide bonds. The molecule has 98 valence electrons. The van der Waals surface area contributed by atoms with Crippen LogP contribution in [0.2, 0.25) is 5.02 Å². The third-order valence-corrected chi connectivity index (χ3v) is 4.20. The number of benzene rings is 2. The first-order valence-corrected chi connectivity index (χ1v) is 7.67. The molecule has 2 aromatic carbocycles. The lowest BCUT2D eigenvalue weighted by Crippen LogP contribution is -1.91. The highest BCUT2D eigenvalue weighted by Crippen LogP contribution is 2.35. The average Bonchev–Trinajstić information content (AvgIpc) is 2.42. The summed E-state index contributed by atoms with van der Waals surface area (Å²) in [6.07, 6.45) is 0. The molecule has 0 unspecified atom stereocenters. The third kappa shape index (κ3) is 3.55. The highest BCUT2D eigenvalue weighted by molar-refractivity contribution is 9.10. The molecule has 0 nitrogen and oxygen atoms in total. The van der Waals surface area contributed by atoms with Crippen LogP contribution < -0.4 is 0 Å². The number of allylic oxidation sites excluding steroid dienone is 1. The third-order valence-electron chi connectivity index (χ3n) is 2.68. The molecule has 0 saturated heterocycles. The average molecular weight is 377 g/mol. The monoisotopic (exact) mass is 374 g/mol. The van der Waals surface area contributed by atoms with E-state index in [9.17, 15) is 0 Å². The van der Waals surface area contributed by atoms with Gasteiger partial charge >= 0.3 is 0 Å². The van der Waals surface area contributed by atoms with Gasteiger partial charge in [-0.3, -0.25) is 0 Å². The molecule has 0 aliphatic heterocycles. The van der Waals surface area contributed by atoms with E-state index in [2.05, 4.69) is 15.9 Å². The van der Waals surface area contributed by atoms with E-state index in [0.717, 1.165) is 21.2 Å². The summed E-state index contributed by atoms with van der Waals surface area (Å²) in [7, 11) is 0. The fourth-order valence-electron chi connectivity index (χ4n) is 1.74. The standard InChI is InChI=1S/C15H10BrCl3/c16-11-6-7-12(14(18)8-11)13(9-17)15(19)10-4-2-1-3-5-10/h1-8H,9H2. The van der Waals surface area contributed by atoms with Crippen LogP contribution in [0.5, 0.6) is 0 Å². The first-order chi connectivity index (χ1) is 9.13. The van der Waals surface area contributed by atoms with E-state index in [-0.39, 0.29) is 0 Å². The molecule has 0 aliphatic carbocycles. The van der Waals surface area contributed by atoms with Crippen LogP contribution in [0.1, 0.15) is 11.1 Å². The smallest absolute Gasteiger partial charge is 0.0529 e. The summed E-state index contributed by atoms with van der Waals surface area (Å²) in [6, 6.07) is 15.4. The van der Waals surface area contributed by atoms with Crippen molar-refractivity contribution in [1.82, 2.24) is 0 Å². The fourth-order valence-corrected chi connectivity index (χ4v) is 3.17. The van der Waals surface area contributed by atoms with Crippen LogP contribution in [-0.4, -0.2) is 5.88 Å². The van der Waals surface area contributed by atoms with Gasteiger partial charge in [-0.25, -0.2) is 0 Å². The zero-order chi connectivity index (χ0) is 13.8. The molecular weight excluding hydrogens is 366 g/mol. The Morgan fingerprint density at radius 2 is 1.74 bits per heavy atom. The second-order valence-corrected chi connectivity index (χ2v) is 5.88. The van der Waals surface area contributed by atoms with Crippen molar-refractivity contribution in [3.8, 4) is 0 Å². The summed E-state index contributed by atoms with van der Waals surface area (Å²) in [4.78, 5) is 0. The molecule has 2 aromatic rings. The second kappa shape index (κ2) is 6.81. The predicted molar refractivity (Wildman–Crippen MR) is 89.0 cm³/mol. The Morgan fingerprint density at radius 3 is 2.32 bits per heavy atom. The molecule has 19 heavy (non-hydrogen) atoms. The number of rotatable bonds is 3. The summed E-state index contributed by atoms with van der Waals surface area (Å²) in [5.41, 5.74) is 2.61. The van der Waals surface area contributed by atoms with Crippen molar-refractivity contribution in [2.75, 3.05) is 5.88 Å². The minimum Gasteiger partial charge on any atom is -0.121 e. The van der Waals surface area contributed by atoms with Crippen molar-refractivity contribution in [2.45, 2.75) is 0 Å². The Kier molecular flexibility index (Phi) is 5.35. The van der Waals surface area contributed by atoms with Crippen molar-refractivity contribution in [3.05, 3.63) is 69.2 Å². The SMILES string of the molecule is ClCC(=C(Cl)c1ccccc1)c1ccc(Br)cc1Cl. The number of halogens is 4.